The number of hydrogen-bond acceptors (Lipinski definition) is 3. The molecule has 0 fully saturated rings. The summed E-state index contributed by atoms with van der Waals surface area (Å²) in [5, 5.41) is 0. The van der Waals surface area contributed by atoms with Gasteiger partial charge in [0.2, 0.25) is 5.95 Å². The zero-order chi connectivity index (χ0) is 12.6. The van der Waals surface area contributed by atoms with Crippen molar-refractivity contribution in [1.82, 2.24) is 14.4 Å². The fraction of sp³-hybridized carbons (Fsp3) is 0.231. The highest BCUT2D eigenvalue weighted by Gasteiger charge is 2.13. The van der Waals surface area contributed by atoms with Crippen LogP contribution in [0.5, 0.6) is 0 Å². The second kappa shape index (κ2) is 4.05. The van der Waals surface area contributed by atoms with Crippen molar-refractivity contribution in [2.75, 3.05) is 5.73 Å². The Balaban J connectivity index is 2.88. The first kappa shape index (κ1) is 11.4. The van der Waals surface area contributed by atoms with Gasteiger partial charge in [-0.25, -0.2) is 9.97 Å². The summed E-state index contributed by atoms with van der Waals surface area (Å²) in [6, 6.07) is 1.93. The van der Waals surface area contributed by atoms with E-state index in [1.165, 1.54) is 0 Å². The number of nitrogen functional groups attached to an aromatic ring is 1. The van der Waals surface area contributed by atoms with E-state index in [-0.39, 0.29) is 0 Å². The van der Waals surface area contributed by atoms with Crippen LogP contribution in [0.15, 0.2) is 19.2 Å². The molecule has 2 aromatic rings. The van der Waals surface area contributed by atoms with E-state index in [4.69, 9.17) is 5.73 Å². The summed E-state index contributed by atoms with van der Waals surface area (Å²) in [6.45, 7) is 11.8. The van der Waals surface area contributed by atoms with Crippen LogP contribution >= 0.6 is 0 Å². The molecule has 2 rings (SSSR count). The van der Waals surface area contributed by atoms with E-state index in [2.05, 4.69) is 30.0 Å². The van der Waals surface area contributed by atoms with Gasteiger partial charge >= 0.3 is 0 Å². The van der Waals surface area contributed by atoms with E-state index in [1.54, 1.807) is 6.08 Å². The molecule has 0 aromatic carbocycles. The van der Waals surface area contributed by atoms with Gasteiger partial charge < -0.3 is 5.73 Å². The molecule has 0 saturated carbocycles. The Morgan fingerprint density at radius 3 is 2.82 bits per heavy atom. The van der Waals surface area contributed by atoms with E-state index in [0.29, 0.717) is 5.95 Å². The van der Waals surface area contributed by atoms with Gasteiger partial charge in [-0.3, -0.25) is 4.40 Å². The van der Waals surface area contributed by atoms with E-state index in [1.807, 2.05) is 17.4 Å². The number of rotatable bonds is 3. The summed E-state index contributed by atoms with van der Waals surface area (Å²) in [5.41, 5.74) is 10.3. The lowest BCUT2D eigenvalue weighted by molar-refractivity contribution is 1.06. The number of imidazole rings is 1. The summed E-state index contributed by atoms with van der Waals surface area (Å²) in [5.74, 6) is 0.449. The highest BCUT2D eigenvalue weighted by atomic mass is 15.2. The van der Waals surface area contributed by atoms with Gasteiger partial charge in [-0.2, -0.15) is 0 Å². The Kier molecular flexibility index (Phi) is 2.71. The van der Waals surface area contributed by atoms with Crippen molar-refractivity contribution in [3.63, 3.8) is 0 Å². The molecule has 0 saturated heterocycles. The van der Waals surface area contributed by atoms with Gasteiger partial charge in [0.15, 0.2) is 5.65 Å². The van der Waals surface area contributed by atoms with Crippen molar-refractivity contribution in [3.8, 4) is 0 Å². The first-order chi connectivity index (χ1) is 8.08. The normalized spacial score (nSPS) is 10.7. The second-order valence-corrected chi connectivity index (χ2v) is 3.94. The Bertz CT molecular complexity index is 607. The number of hydrogen-bond donors (Lipinski definition) is 1. The average Bonchev–Trinajstić information content (AvgIpc) is 2.63. The van der Waals surface area contributed by atoms with Crippen LogP contribution in [0.25, 0.3) is 17.3 Å². The molecule has 2 aromatic heterocycles. The van der Waals surface area contributed by atoms with Gasteiger partial charge in [0.1, 0.15) is 0 Å². The minimum Gasteiger partial charge on any atom is -0.369 e. The maximum Gasteiger partial charge on any atom is 0.206 e. The molecule has 0 radical (unpaired) electrons. The van der Waals surface area contributed by atoms with Crippen molar-refractivity contribution in [2.24, 2.45) is 0 Å². The Labute approximate surface area is 101 Å². The predicted octanol–water partition coefficient (Wildman–Crippen LogP) is 2.69. The van der Waals surface area contributed by atoms with Crippen LogP contribution in [0.4, 0.5) is 5.95 Å². The predicted molar refractivity (Wildman–Crippen MR) is 71.6 cm³/mol. The number of nitrogens with two attached hydrogens (primary N) is 1. The number of allylic oxidation sites excluding steroid dienone is 1. The third-order valence-electron chi connectivity index (χ3n) is 2.81. The number of nitrogens with zero attached hydrogens (tertiary/aromatic N) is 3. The molecule has 0 unspecified atom stereocenters. The van der Waals surface area contributed by atoms with Crippen LogP contribution in [0, 0.1) is 6.92 Å². The highest BCUT2D eigenvalue weighted by Crippen LogP contribution is 2.23. The number of aromatic nitrogens is 3. The molecule has 88 valence electrons. The standard InChI is InChI=1S/C13H16N4/c1-5-8(3)11-7-10(6-2)16-12-9(4)15-13(14)17(11)12/h6-7H,2-3,5H2,1,4H3,(H2,14,15). The number of fused-ring (bicyclic) bond motifs is 1. The van der Waals surface area contributed by atoms with Crippen LogP contribution in [0.3, 0.4) is 0 Å². The largest absolute Gasteiger partial charge is 0.369 e. The number of anilines is 1. The molecule has 0 aliphatic heterocycles. The van der Waals surface area contributed by atoms with Crippen molar-refractivity contribution in [1.29, 1.82) is 0 Å². The zero-order valence-electron chi connectivity index (χ0n) is 10.2. The Hall–Kier alpha value is -2.10. The molecule has 0 aliphatic rings. The molecule has 2 N–H and O–H groups in total. The topological polar surface area (TPSA) is 56.2 Å². The molecule has 0 spiro atoms. The van der Waals surface area contributed by atoms with Gasteiger partial charge in [0.05, 0.1) is 17.1 Å². The van der Waals surface area contributed by atoms with Crippen LogP contribution in [-0.2, 0) is 0 Å². The van der Waals surface area contributed by atoms with Gasteiger partial charge in [0, 0.05) is 0 Å². The van der Waals surface area contributed by atoms with E-state index >= 15 is 0 Å². The SMILES string of the molecule is C=Cc1cc(C(=C)CC)n2c(N)nc(C)c2n1. The molecule has 0 amide bonds. The third kappa shape index (κ3) is 1.71. The van der Waals surface area contributed by atoms with Crippen molar-refractivity contribution in [3.05, 3.63) is 36.3 Å². The molecule has 17 heavy (non-hydrogen) atoms. The van der Waals surface area contributed by atoms with Crippen LogP contribution in [0.1, 0.15) is 30.4 Å². The van der Waals surface area contributed by atoms with Crippen LogP contribution in [0.2, 0.25) is 0 Å². The highest BCUT2D eigenvalue weighted by molar-refractivity contribution is 5.68. The van der Waals surface area contributed by atoms with Crippen molar-refractivity contribution < 1.29 is 0 Å². The first-order valence-electron chi connectivity index (χ1n) is 5.54. The third-order valence-corrected chi connectivity index (χ3v) is 2.81. The summed E-state index contributed by atoms with van der Waals surface area (Å²) < 4.78 is 1.84. The molecule has 4 heteroatoms. The average molecular weight is 228 g/mol. The van der Waals surface area contributed by atoms with Gasteiger partial charge in [-0.1, -0.05) is 20.1 Å². The summed E-state index contributed by atoms with van der Waals surface area (Å²) >= 11 is 0. The van der Waals surface area contributed by atoms with Crippen LogP contribution in [-0.4, -0.2) is 14.4 Å². The molecular formula is C13H16N4. The Morgan fingerprint density at radius 2 is 2.24 bits per heavy atom. The molecular weight excluding hydrogens is 212 g/mol. The maximum absolute atomic E-state index is 5.91. The first-order valence-corrected chi connectivity index (χ1v) is 5.54. The van der Waals surface area contributed by atoms with E-state index in [0.717, 1.165) is 34.7 Å². The van der Waals surface area contributed by atoms with E-state index < -0.39 is 0 Å². The van der Waals surface area contributed by atoms with Gasteiger partial charge in [-0.05, 0) is 31.1 Å². The minimum absolute atomic E-state index is 0.449. The van der Waals surface area contributed by atoms with Crippen molar-refractivity contribution >= 4 is 23.2 Å². The fourth-order valence-electron chi connectivity index (χ4n) is 1.82. The summed E-state index contributed by atoms with van der Waals surface area (Å²) in [7, 11) is 0. The maximum atomic E-state index is 5.91. The lowest BCUT2D eigenvalue weighted by Gasteiger charge is -2.09. The fourth-order valence-corrected chi connectivity index (χ4v) is 1.82. The number of aryl methyl sites for hydroxylation is 1. The lowest BCUT2D eigenvalue weighted by atomic mass is 10.1. The summed E-state index contributed by atoms with van der Waals surface area (Å²) in [6.07, 6.45) is 2.57. The minimum atomic E-state index is 0.449. The molecule has 2 heterocycles. The van der Waals surface area contributed by atoms with Crippen molar-refractivity contribution in [2.45, 2.75) is 20.3 Å². The zero-order valence-corrected chi connectivity index (χ0v) is 10.2. The van der Waals surface area contributed by atoms with Gasteiger partial charge in [-0.15, -0.1) is 0 Å². The second-order valence-electron chi connectivity index (χ2n) is 3.94. The van der Waals surface area contributed by atoms with Crippen LogP contribution < -0.4 is 5.73 Å². The van der Waals surface area contributed by atoms with Gasteiger partial charge in [0.25, 0.3) is 0 Å². The molecule has 0 aliphatic carbocycles. The molecule has 0 bridgehead atoms. The van der Waals surface area contributed by atoms with E-state index in [9.17, 15) is 0 Å². The summed E-state index contributed by atoms with van der Waals surface area (Å²) in [4.78, 5) is 8.70. The molecule has 4 nitrogen and oxygen atoms in total. The monoisotopic (exact) mass is 228 g/mol. The molecule has 0 atom stereocenters. The quantitative estimate of drug-likeness (QED) is 0.878. The lowest BCUT2D eigenvalue weighted by Crippen LogP contribution is -2.03. The smallest absolute Gasteiger partial charge is 0.206 e. The Morgan fingerprint density at radius 1 is 1.53 bits per heavy atom.